The van der Waals surface area contributed by atoms with Crippen molar-refractivity contribution in [1.82, 2.24) is 10.2 Å². The van der Waals surface area contributed by atoms with Gasteiger partial charge in [0.15, 0.2) is 0 Å². The lowest BCUT2D eigenvalue weighted by atomic mass is 9.78. The zero-order valence-electron chi connectivity index (χ0n) is 18.3. The van der Waals surface area contributed by atoms with Gasteiger partial charge in [-0.3, -0.25) is 9.69 Å². The van der Waals surface area contributed by atoms with E-state index in [0.29, 0.717) is 31.5 Å². The smallest absolute Gasteiger partial charge is 0.372 e. The van der Waals surface area contributed by atoms with Gasteiger partial charge in [-0.15, -0.1) is 0 Å². The fraction of sp³-hybridized carbons (Fsp3) is 0.458. The van der Waals surface area contributed by atoms with E-state index in [1.807, 2.05) is 35.2 Å². The quantitative estimate of drug-likeness (QED) is 0.584. The number of hydrogen-bond acceptors (Lipinski definition) is 3. The Bertz CT molecular complexity index is 1010. The molecule has 0 radical (unpaired) electrons. The number of ether oxygens (including phenoxy) is 1. The van der Waals surface area contributed by atoms with Gasteiger partial charge in [0.25, 0.3) is 0 Å². The Balaban J connectivity index is 1.64. The molecule has 0 aliphatic carbocycles. The van der Waals surface area contributed by atoms with Gasteiger partial charge in [-0.1, -0.05) is 30.3 Å². The first-order valence-corrected chi connectivity index (χ1v) is 10.9. The molecule has 0 spiro atoms. The Morgan fingerprint density at radius 1 is 1.06 bits per heavy atom. The van der Waals surface area contributed by atoms with Crippen LogP contribution in [0.5, 0.6) is 0 Å². The second-order valence-corrected chi connectivity index (χ2v) is 8.87. The molecular weight excluding hydrogens is 462 g/mol. The van der Waals surface area contributed by atoms with Crippen LogP contribution in [-0.2, 0) is 27.4 Å². The largest absolute Gasteiger partial charge is 0.416 e. The van der Waals surface area contributed by atoms with Gasteiger partial charge in [-0.05, 0) is 49.1 Å². The second kappa shape index (κ2) is 8.88. The van der Waals surface area contributed by atoms with Gasteiger partial charge in [-0.25, -0.2) is 0 Å². The summed E-state index contributed by atoms with van der Waals surface area (Å²) in [5.41, 5.74) is -2.80. The van der Waals surface area contributed by atoms with E-state index in [2.05, 4.69) is 5.32 Å². The van der Waals surface area contributed by atoms with Crippen LogP contribution in [0.2, 0.25) is 0 Å². The highest BCUT2D eigenvalue weighted by Gasteiger charge is 2.47. The van der Waals surface area contributed by atoms with Gasteiger partial charge < -0.3 is 10.1 Å². The minimum absolute atomic E-state index is 0.00618. The first-order valence-electron chi connectivity index (χ1n) is 10.9. The first kappa shape index (κ1) is 24.5. The van der Waals surface area contributed by atoms with Crippen LogP contribution in [0.4, 0.5) is 26.3 Å². The van der Waals surface area contributed by atoms with Crippen LogP contribution < -0.4 is 5.32 Å². The lowest BCUT2D eigenvalue weighted by Crippen LogP contribution is -2.65. The average molecular weight is 486 g/mol. The predicted molar refractivity (Wildman–Crippen MR) is 112 cm³/mol. The minimum atomic E-state index is -4.93. The van der Waals surface area contributed by atoms with Crippen LogP contribution in [0.25, 0.3) is 0 Å². The number of carbonyl (C=O) groups excluding carboxylic acids is 1. The molecule has 2 bridgehead atoms. The van der Waals surface area contributed by atoms with Crippen molar-refractivity contribution < 1.29 is 35.9 Å². The molecule has 4 rings (SSSR count). The first-order chi connectivity index (χ1) is 15.9. The van der Waals surface area contributed by atoms with Crippen LogP contribution >= 0.6 is 0 Å². The van der Waals surface area contributed by atoms with E-state index in [4.69, 9.17) is 4.74 Å². The fourth-order valence-electron chi connectivity index (χ4n) is 4.78. The van der Waals surface area contributed by atoms with E-state index in [1.54, 1.807) is 0 Å². The lowest BCUT2D eigenvalue weighted by Gasteiger charge is -2.52. The monoisotopic (exact) mass is 486 g/mol. The molecule has 1 amide bonds. The van der Waals surface area contributed by atoms with Crippen LogP contribution in [0, 0.1) is 0 Å². The van der Waals surface area contributed by atoms with Crippen molar-refractivity contribution >= 4 is 5.91 Å². The maximum absolute atomic E-state index is 13.3. The summed E-state index contributed by atoms with van der Waals surface area (Å²) in [6, 6.07) is 10.8. The summed E-state index contributed by atoms with van der Waals surface area (Å²) in [7, 11) is 0. The minimum Gasteiger partial charge on any atom is -0.372 e. The lowest BCUT2D eigenvalue weighted by molar-refractivity contribution is -0.143. The summed E-state index contributed by atoms with van der Waals surface area (Å²) in [4.78, 5) is 14.2. The molecular formula is C24H24F6N2O2. The third-order valence-corrected chi connectivity index (χ3v) is 6.61. The maximum atomic E-state index is 13.3. The van der Waals surface area contributed by atoms with Crippen LogP contribution in [-0.4, -0.2) is 36.5 Å². The number of fused-ring (bicyclic) bond motifs is 2. The summed E-state index contributed by atoms with van der Waals surface area (Å²) in [5.74, 6) is -0.128. The van der Waals surface area contributed by atoms with E-state index in [1.165, 1.54) is 6.92 Å². The number of hydrogen-bond donors (Lipinski definition) is 1. The summed E-state index contributed by atoms with van der Waals surface area (Å²) in [6.45, 7) is 2.16. The highest BCUT2D eigenvalue weighted by atomic mass is 19.4. The number of rotatable bonds is 5. The highest BCUT2D eigenvalue weighted by Crippen LogP contribution is 2.42. The Hall–Kier alpha value is -2.59. The SMILES string of the molecule is C[C@@H](OC[C@@]1(c2ccccc2)CC[C@H]2CN1CC(=O)N2)c1cc(C(F)(F)F)cc(C(F)(F)F)c1. The molecule has 1 unspecified atom stereocenters. The number of benzene rings is 2. The van der Waals surface area contributed by atoms with Crippen molar-refractivity contribution in [2.75, 3.05) is 19.7 Å². The van der Waals surface area contributed by atoms with Crippen molar-refractivity contribution in [2.45, 2.75) is 49.8 Å². The zero-order chi connectivity index (χ0) is 24.7. The standard InChI is InChI=1S/C24H24F6N2O2/c1-15(16-9-18(23(25,26)27)11-19(10-16)24(28,29)30)34-14-22(17-5-3-2-4-6-17)8-7-20-12-32(22)13-21(33)31-20/h2-6,9-11,15,20H,7-8,12-14H2,1H3,(H,31,33)/t15-,20+,22-/m1/s1. The molecule has 2 aromatic rings. The van der Waals surface area contributed by atoms with Gasteiger partial charge in [0, 0.05) is 12.6 Å². The fourth-order valence-corrected chi connectivity index (χ4v) is 4.78. The Morgan fingerprint density at radius 3 is 2.26 bits per heavy atom. The molecule has 0 saturated carbocycles. The van der Waals surface area contributed by atoms with Crippen molar-refractivity contribution in [1.29, 1.82) is 0 Å². The van der Waals surface area contributed by atoms with Crippen molar-refractivity contribution in [3.8, 4) is 0 Å². The third kappa shape index (κ3) is 4.93. The molecule has 10 heteroatoms. The van der Waals surface area contributed by atoms with Crippen molar-refractivity contribution in [2.24, 2.45) is 0 Å². The molecule has 2 aliphatic rings. The average Bonchev–Trinajstić information content (AvgIpc) is 2.77. The Morgan fingerprint density at radius 2 is 1.68 bits per heavy atom. The molecule has 2 saturated heterocycles. The second-order valence-electron chi connectivity index (χ2n) is 8.87. The molecule has 4 nitrogen and oxygen atoms in total. The number of carbonyl (C=O) groups is 1. The summed E-state index contributed by atoms with van der Waals surface area (Å²) in [5, 5.41) is 2.93. The molecule has 0 aromatic heterocycles. The van der Waals surface area contributed by atoms with Crippen molar-refractivity contribution in [3.05, 3.63) is 70.8 Å². The van der Waals surface area contributed by atoms with Crippen LogP contribution in [0.15, 0.2) is 48.5 Å². The highest BCUT2D eigenvalue weighted by molar-refractivity contribution is 5.79. The van der Waals surface area contributed by atoms with E-state index >= 15 is 0 Å². The van der Waals surface area contributed by atoms with Crippen LogP contribution in [0.3, 0.4) is 0 Å². The van der Waals surface area contributed by atoms with E-state index in [9.17, 15) is 31.1 Å². The molecule has 184 valence electrons. The predicted octanol–water partition coefficient (Wildman–Crippen LogP) is 5.29. The normalized spacial score (nSPS) is 26.1. The molecule has 2 heterocycles. The number of amides is 1. The van der Waals surface area contributed by atoms with Gasteiger partial charge >= 0.3 is 12.4 Å². The molecule has 2 aromatic carbocycles. The summed E-state index contributed by atoms with van der Waals surface area (Å²) in [6.07, 6.45) is -9.61. The van der Waals surface area contributed by atoms with Crippen molar-refractivity contribution in [3.63, 3.8) is 0 Å². The summed E-state index contributed by atoms with van der Waals surface area (Å²) < 4.78 is 85.7. The number of piperazine rings is 1. The third-order valence-electron chi connectivity index (χ3n) is 6.61. The van der Waals surface area contributed by atoms with Gasteiger partial charge in [0.05, 0.1) is 35.9 Å². The number of alkyl halides is 6. The summed E-state index contributed by atoms with van der Waals surface area (Å²) >= 11 is 0. The number of nitrogens with one attached hydrogen (secondary N) is 1. The van der Waals surface area contributed by atoms with Gasteiger partial charge in [0.1, 0.15) is 0 Å². The van der Waals surface area contributed by atoms with E-state index < -0.39 is 35.1 Å². The number of nitrogens with zero attached hydrogens (tertiary/aromatic N) is 1. The number of halogens is 6. The Kier molecular flexibility index (Phi) is 6.41. The maximum Gasteiger partial charge on any atom is 0.416 e. The zero-order valence-corrected chi connectivity index (χ0v) is 18.3. The molecule has 1 N–H and O–H groups in total. The molecule has 2 aliphatic heterocycles. The molecule has 2 fully saturated rings. The van der Waals surface area contributed by atoms with E-state index in [-0.39, 0.29) is 36.7 Å². The van der Waals surface area contributed by atoms with Gasteiger partial charge in [0.2, 0.25) is 5.91 Å². The molecule has 4 atom stereocenters. The van der Waals surface area contributed by atoms with E-state index in [0.717, 1.165) is 5.56 Å². The van der Waals surface area contributed by atoms with Crippen LogP contribution in [0.1, 0.15) is 48.1 Å². The number of piperidine rings is 1. The Labute approximate surface area is 192 Å². The van der Waals surface area contributed by atoms with Gasteiger partial charge in [-0.2, -0.15) is 26.3 Å². The molecule has 34 heavy (non-hydrogen) atoms. The topological polar surface area (TPSA) is 41.6 Å².